The highest BCUT2D eigenvalue weighted by molar-refractivity contribution is 5.75. The Kier molecular flexibility index (Phi) is 6.34. The van der Waals surface area contributed by atoms with E-state index in [1.807, 2.05) is 0 Å². The van der Waals surface area contributed by atoms with Crippen LogP contribution in [0.4, 0.5) is 0 Å². The SMILES string of the molecule is CCCC(C)(C)CCCCN=C(N)N. The van der Waals surface area contributed by atoms with Gasteiger partial charge in [-0.3, -0.25) is 4.99 Å². The molecule has 0 spiro atoms. The highest BCUT2D eigenvalue weighted by Crippen LogP contribution is 2.28. The number of nitrogens with zero attached hydrogens (tertiary/aromatic N) is 1. The Morgan fingerprint density at radius 3 is 2.29 bits per heavy atom. The van der Waals surface area contributed by atoms with E-state index < -0.39 is 0 Å². The van der Waals surface area contributed by atoms with E-state index >= 15 is 0 Å². The van der Waals surface area contributed by atoms with Crippen LogP contribution in [0.2, 0.25) is 0 Å². The molecular formula is C11H25N3. The highest BCUT2D eigenvalue weighted by Gasteiger charge is 2.15. The van der Waals surface area contributed by atoms with E-state index in [1.165, 1.54) is 25.7 Å². The molecule has 0 aromatic heterocycles. The third kappa shape index (κ3) is 7.90. The van der Waals surface area contributed by atoms with Crippen molar-refractivity contribution in [2.75, 3.05) is 6.54 Å². The van der Waals surface area contributed by atoms with Crippen LogP contribution in [-0.4, -0.2) is 12.5 Å². The van der Waals surface area contributed by atoms with Gasteiger partial charge in [0.15, 0.2) is 5.96 Å². The van der Waals surface area contributed by atoms with Gasteiger partial charge in [-0.1, -0.05) is 33.6 Å². The van der Waals surface area contributed by atoms with Crippen molar-refractivity contribution in [2.45, 2.75) is 52.9 Å². The van der Waals surface area contributed by atoms with E-state index in [1.54, 1.807) is 0 Å². The fourth-order valence-electron chi connectivity index (χ4n) is 1.73. The van der Waals surface area contributed by atoms with E-state index in [4.69, 9.17) is 11.5 Å². The molecule has 0 saturated heterocycles. The second-order valence-corrected chi connectivity index (χ2v) is 4.68. The van der Waals surface area contributed by atoms with Crippen molar-refractivity contribution in [2.24, 2.45) is 21.9 Å². The van der Waals surface area contributed by atoms with E-state index in [0.29, 0.717) is 5.41 Å². The molecule has 0 aliphatic carbocycles. The number of hydrogen-bond donors (Lipinski definition) is 2. The molecule has 84 valence electrons. The first-order valence-corrected chi connectivity index (χ1v) is 5.53. The Morgan fingerprint density at radius 1 is 1.14 bits per heavy atom. The summed E-state index contributed by atoms with van der Waals surface area (Å²) in [5.74, 6) is 0.206. The zero-order valence-corrected chi connectivity index (χ0v) is 9.84. The average Bonchev–Trinajstić information content (AvgIpc) is 2.02. The molecule has 0 amide bonds. The van der Waals surface area contributed by atoms with Crippen LogP contribution in [0.3, 0.4) is 0 Å². The van der Waals surface area contributed by atoms with Crippen molar-refractivity contribution in [3.63, 3.8) is 0 Å². The summed E-state index contributed by atoms with van der Waals surface area (Å²) in [5.41, 5.74) is 11.0. The second kappa shape index (κ2) is 6.68. The topological polar surface area (TPSA) is 64.4 Å². The summed E-state index contributed by atoms with van der Waals surface area (Å²) in [7, 11) is 0. The van der Waals surface area contributed by atoms with Crippen molar-refractivity contribution in [1.82, 2.24) is 0 Å². The first-order chi connectivity index (χ1) is 6.48. The lowest BCUT2D eigenvalue weighted by Crippen LogP contribution is -2.23. The van der Waals surface area contributed by atoms with Gasteiger partial charge in [0.2, 0.25) is 0 Å². The number of nitrogens with two attached hydrogens (primary N) is 2. The van der Waals surface area contributed by atoms with Crippen molar-refractivity contribution in [3.05, 3.63) is 0 Å². The minimum Gasteiger partial charge on any atom is -0.370 e. The second-order valence-electron chi connectivity index (χ2n) is 4.68. The molecule has 0 aliphatic heterocycles. The summed E-state index contributed by atoms with van der Waals surface area (Å²) in [6.07, 6.45) is 6.13. The van der Waals surface area contributed by atoms with Gasteiger partial charge in [0.25, 0.3) is 0 Å². The third-order valence-electron chi connectivity index (χ3n) is 2.48. The van der Waals surface area contributed by atoms with Gasteiger partial charge in [-0.25, -0.2) is 0 Å². The van der Waals surface area contributed by atoms with E-state index in [-0.39, 0.29) is 5.96 Å². The van der Waals surface area contributed by atoms with E-state index in [9.17, 15) is 0 Å². The molecule has 0 unspecified atom stereocenters. The highest BCUT2D eigenvalue weighted by atomic mass is 15.0. The summed E-state index contributed by atoms with van der Waals surface area (Å²) in [6.45, 7) is 7.67. The maximum absolute atomic E-state index is 5.24. The Balaban J connectivity index is 3.48. The standard InChI is InChI=1S/C11H25N3/c1-4-7-11(2,3)8-5-6-9-14-10(12)13/h4-9H2,1-3H3,(H4,12,13,14). The lowest BCUT2D eigenvalue weighted by atomic mass is 9.83. The van der Waals surface area contributed by atoms with Crippen LogP contribution in [0.25, 0.3) is 0 Å². The maximum atomic E-state index is 5.24. The van der Waals surface area contributed by atoms with E-state index in [2.05, 4.69) is 25.8 Å². The first kappa shape index (κ1) is 13.3. The number of aliphatic imine (C=N–C) groups is 1. The molecule has 0 aromatic carbocycles. The molecule has 0 atom stereocenters. The molecule has 0 rings (SSSR count). The van der Waals surface area contributed by atoms with Crippen LogP contribution in [0.1, 0.15) is 52.9 Å². The summed E-state index contributed by atoms with van der Waals surface area (Å²) < 4.78 is 0. The molecule has 0 aromatic rings. The average molecular weight is 199 g/mol. The summed E-state index contributed by atoms with van der Waals surface area (Å²) in [6, 6.07) is 0. The molecule has 0 radical (unpaired) electrons. The van der Waals surface area contributed by atoms with Gasteiger partial charge in [0.1, 0.15) is 0 Å². The quantitative estimate of drug-likeness (QED) is 0.375. The van der Waals surface area contributed by atoms with Gasteiger partial charge in [0.05, 0.1) is 0 Å². The number of unbranched alkanes of at least 4 members (excludes halogenated alkanes) is 1. The fraction of sp³-hybridized carbons (Fsp3) is 0.909. The number of guanidine groups is 1. The summed E-state index contributed by atoms with van der Waals surface area (Å²) >= 11 is 0. The minimum absolute atomic E-state index is 0.206. The molecule has 0 bridgehead atoms. The van der Waals surface area contributed by atoms with Crippen LogP contribution in [0.15, 0.2) is 4.99 Å². The normalized spacial score (nSPS) is 11.4. The minimum atomic E-state index is 0.206. The van der Waals surface area contributed by atoms with Crippen molar-refractivity contribution >= 4 is 5.96 Å². The van der Waals surface area contributed by atoms with Gasteiger partial charge in [-0.2, -0.15) is 0 Å². The fourth-order valence-corrected chi connectivity index (χ4v) is 1.73. The van der Waals surface area contributed by atoms with Crippen LogP contribution in [0.5, 0.6) is 0 Å². The lowest BCUT2D eigenvalue weighted by molar-refractivity contribution is 0.294. The Hall–Kier alpha value is -0.730. The van der Waals surface area contributed by atoms with Crippen LogP contribution in [-0.2, 0) is 0 Å². The molecule has 4 N–H and O–H groups in total. The summed E-state index contributed by atoms with van der Waals surface area (Å²) in [5, 5.41) is 0. The van der Waals surface area contributed by atoms with Crippen LogP contribution >= 0.6 is 0 Å². The van der Waals surface area contributed by atoms with Crippen LogP contribution < -0.4 is 11.5 Å². The smallest absolute Gasteiger partial charge is 0.185 e. The number of hydrogen-bond acceptors (Lipinski definition) is 1. The van der Waals surface area contributed by atoms with Gasteiger partial charge >= 0.3 is 0 Å². The zero-order chi connectivity index (χ0) is 11.0. The summed E-state index contributed by atoms with van der Waals surface area (Å²) in [4.78, 5) is 3.96. The van der Waals surface area contributed by atoms with Crippen molar-refractivity contribution in [1.29, 1.82) is 0 Å². The molecule has 14 heavy (non-hydrogen) atoms. The maximum Gasteiger partial charge on any atom is 0.185 e. The van der Waals surface area contributed by atoms with Gasteiger partial charge in [-0.15, -0.1) is 0 Å². The Labute approximate surface area is 88.0 Å². The largest absolute Gasteiger partial charge is 0.370 e. The monoisotopic (exact) mass is 199 g/mol. The van der Waals surface area contributed by atoms with Gasteiger partial charge in [0, 0.05) is 6.54 Å². The third-order valence-corrected chi connectivity index (χ3v) is 2.48. The molecule has 0 heterocycles. The van der Waals surface area contributed by atoms with Crippen LogP contribution in [0, 0.1) is 5.41 Å². The molecule has 3 heteroatoms. The molecular weight excluding hydrogens is 174 g/mol. The Bertz CT molecular complexity index is 169. The Morgan fingerprint density at radius 2 is 1.79 bits per heavy atom. The molecule has 3 nitrogen and oxygen atoms in total. The lowest BCUT2D eigenvalue weighted by Gasteiger charge is -2.23. The molecule has 0 fully saturated rings. The molecule has 0 aliphatic rings. The van der Waals surface area contributed by atoms with Crippen molar-refractivity contribution < 1.29 is 0 Å². The molecule has 0 saturated carbocycles. The predicted molar refractivity (Wildman–Crippen MR) is 63.2 cm³/mol. The first-order valence-electron chi connectivity index (χ1n) is 5.53. The van der Waals surface area contributed by atoms with Crippen molar-refractivity contribution in [3.8, 4) is 0 Å². The number of rotatable bonds is 7. The van der Waals surface area contributed by atoms with E-state index in [0.717, 1.165) is 13.0 Å². The predicted octanol–water partition coefficient (Wildman–Crippen LogP) is 2.26. The zero-order valence-electron chi connectivity index (χ0n) is 9.84. The van der Waals surface area contributed by atoms with Gasteiger partial charge in [-0.05, 0) is 24.7 Å². The van der Waals surface area contributed by atoms with Gasteiger partial charge < -0.3 is 11.5 Å².